The van der Waals surface area contributed by atoms with Gasteiger partial charge >= 0.3 is 5.97 Å². The largest absolute Gasteiger partial charge is 0.493 e. The van der Waals surface area contributed by atoms with Gasteiger partial charge in [-0.05, 0) is 44.1 Å². The molecule has 2 aliphatic heterocycles. The van der Waals surface area contributed by atoms with Crippen molar-refractivity contribution >= 4 is 5.97 Å². The van der Waals surface area contributed by atoms with Gasteiger partial charge < -0.3 is 19.1 Å². The smallest absolute Gasteiger partial charge is 0.309 e. The molecular formula is C22H29NO4. The van der Waals surface area contributed by atoms with Crippen molar-refractivity contribution in [1.82, 2.24) is 4.90 Å². The summed E-state index contributed by atoms with van der Waals surface area (Å²) in [6.07, 6.45) is 6.51. The summed E-state index contributed by atoms with van der Waals surface area (Å²) in [5.41, 5.74) is 2.40. The molecule has 27 heavy (non-hydrogen) atoms. The topological polar surface area (TPSA) is 48.0 Å². The molecule has 0 fully saturated rings. The van der Waals surface area contributed by atoms with Crippen molar-refractivity contribution in [1.29, 1.82) is 0 Å². The Morgan fingerprint density at radius 2 is 2.26 bits per heavy atom. The lowest BCUT2D eigenvalue weighted by Gasteiger charge is -2.37. The SMILES string of the molecule is CC[C@@H](C)C(=O)O[C@H]1C=C[C@@]23CCN(C)Cc4ccc(OC)c(c42)O[C@H]3C1. The van der Waals surface area contributed by atoms with Gasteiger partial charge in [0, 0.05) is 18.5 Å². The predicted molar refractivity (Wildman–Crippen MR) is 103 cm³/mol. The molecule has 5 heteroatoms. The quantitative estimate of drug-likeness (QED) is 0.599. The first-order valence-corrected chi connectivity index (χ1v) is 9.94. The maximum atomic E-state index is 12.2. The van der Waals surface area contributed by atoms with E-state index in [1.165, 1.54) is 11.1 Å². The van der Waals surface area contributed by atoms with Gasteiger partial charge in [-0.3, -0.25) is 4.79 Å². The highest BCUT2D eigenvalue weighted by Gasteiger charge is 2.53. The van der Waals surface area contributed by atoms with Crippen LogP contribution in [0.4, 0.5) is 0 Å². The molecule has 5 nitrogen and oxygen atoms in total. The van der Waals surface area contributed by atoms with Crippen LogP contribution in [-0.4, -0.2) is 43.8 Å². The van der Waals surface area contributed by atoms with Crippen LogP contribution in [0.5, 0.6) is 11.5 Å². The second-order valence-corrected chi connectivity index (χ2v) is 8.15. The minimum Gasteiger partial charge on any atom is -0.493 e. The maximum absolute atomic E-state index is 12.2. The third-order valence-electron chi connectivity index (χ3n) is 6.41. The van der Waals surface area contributed by atoms with E-state index in [0.29, 0.717) is 6.42 Å². The van der Waals surface area contributed by atoms with Gasteiger partial charge in [0.2, 0.25) is 0 Å². The fourth-order valence-electron chi connectivity index (χ4n) is 4.58. The molecule has 1 aromatic carbocycles. The van der Waals surface area contributed by atoms with Crippen LogP contribution in [0, 0.1) is 5.92 Å². The van der Waals surface area contributed by atoms with Crippen LogP contribution in [0.15, 0.2) is 24.3 Å². The van der Waals surface area contributed by atoms with Crippen molar-refractivity contribution in [3.8, 4) is 11.5 Å². The molecule has 0 saturated carbocycles. The molecule has 0 radical (unpaired) electrons. The molecular weight excluding hydrogens is 342 g/mol. The van der Waals surface area contributed by atoms with Gasteiger partial charge in [0.1, 0.15) is 12.2 Å². The van der Waals surface area contributed by atoms with E-state index < -0.39 is 0 Å². The summed E-state index contributed by atoms with van der Waals surface area (Å²) in [5, 5.41) is 0. The molecule has 0 aromatic heterocycles. The first-order valence-electron chi connectivity index (χ1n) is 9.94. The zero-order chi connectivity index (χ0) is 19.2. The molecule has 3 aliphatic rings. The first-order chi connectivity index (χ1) is 13.0. The average Bonchev–Trinajstić information content (AvgIpc) is 2.93. The van der Waals surface area contributed by atoms with Crippen LogP contribution in [0.1, 0.15) is 44.2 Å². The van der Waals surface area contributed by atoms with Gasteiger partial charge in [-0.25, -0.2) is 0 Å². The lowest BCUT2D eigenvalue weighted by atomic mass is 9.69. The van der Waals surface area contributed by atoms with E-state index in [4.69, 9.17) is 14.2 Å². The highest BCUT2D eigenvalue weighted by atomic mass is 16.6. The van der Waals surface area contributed by atoms with Crippen LogP contribution in [-0.2, 0) is 21.5 Å². The molecule has 0 bridgehead atoms. The van der Waals surface area contributed by atoms with Crippen molar-refractivity contribution in [2.75, 3.05) is 20.7 Å². The lowest BCUT2D eigenvalue weighted by Crippen LogP contribution is -2.44. The monoisotopic (exact) mass is 371 g/mol. The molecule has 1 spiro atoms. The summed E-state index contributed by atoms with van der Waals surface area (Å²) in [5.74, 6) is 1.45. The molecule has 1 aliphatic carbocycles. The van der Waals surface area contributed by atoms with Crippen LogP contribution < -0.4 is 9.47 Å². The van der Waals surface area contributed by atoms with Gasteiger partial charge in [-0.15, -0.1) is 0 Å². The van der Waals surface area contributed by atoms with E-state index in [2.05, 4.69) is 30.2 Å². The number of carbonyl (C=O) groups excluding carboxylic acids is 1. The number of ether oxygens (including phenoxy) is 3. The Balaban J connectivity index is 1.70. The third-order valence-corrected chi connectivity index (χ3v) is 6.41. The number of esters is 1. The van der Waals surface area contributed by atoms with Crippen LogP contribution >= 0.6 is 0 Å². The molecule has 0 N–H and O–H groups in total. The molecule has 4 rings (SSSR count). The summed E-state index contributed by atoms with van der Waals surface area (Å²) in [4.78, 5) is 14.6. The molecule has 4 atom stereocenters. The molecule has 2 heterocycles. The summed E-state index contributed by atoms with van der Waals surface area (Å²) in [6.45, 7) is 5.82. The molecule has 0 saturated heterocycles. The Labute approximate surface area is 161 Å². The number of nitrogens with zero attached hydrogens (tertiary/aromatic N) is 1. The lowest BCUT2D eigenvalue weighted by molar-refractivity contribution is -0.152. The van der Waals surface area contributed by atoms with Crippen molar-refractivity contribution < 1.29 is 19.0 Å². The van der Waals surface area contributed by atoms with E-state index in [1.807, 2.05) is 19.9 Å². The normalized spacial score (nSPS) is 29.9. The van der Waals surface area contributed by atoms with Crippen molar-refractivity contribution in [3.63, 3.8) is 0 Å². The minimum absolute atomic E-state index is 0.0335. The Hall–Kier alpha value is -2.01. The van der Waals surface area contributed by atoms with Crippen LogP contribution in [0.3, 0.4) is 0 Å². The number of hydrogen-bond acceptors (Lipinski definition) is 5. The number of hydrogen-bond donors (Lipinski definition) is 0. The Kier molecular flexibility index (Phi) is 4.66. The Morgan fingerprint density at radius 1 is 1.44 bits per heavy atom. The first kappa shape index (κ1) is 18.4. The fourth-order valence-corrected chi connectivity index (χ4v) is 4.58. The minimum atomic E-state index is -0.230. The standard InChI is InChI=1S/C22H29NO4/c1-5-14(2)21(24)26-16-8-9-22-10-11-23(3)13-15-6-7-17(25-4)20(19(15)22)27-18(22)12-16/h6-9,14,16,18H,5,10-13H2,1-4H3/t14-,16+,18+,22+/m1/s1. The third kappa shape index (κ3) is 2.92. The van der Waals surface area contributed by atoms with Gasteiger partial charge in [0.15, 0.2) is 11.5 Å². The van der Waals surface area contributed by atoms with Gasteiger partial charge in [0.25, 0.3) is 0 Å². The van der Waals surface area contributed by atoms with Crippen molar-refractivity contribution in [3.05, 3.63) is 35.4 Å². The van der Waals surface area contributed by atoms with E-state index in [9.17, 15) is 4.79 Å². The highest BCUT2D eigenvalue weighted by Crippen LogP contribution is 2.55. The Bertz CT molecular complexity index is 774. The zero-order valence-electron chi connectivity index (χ0n) is 16.7. The number of benzene rings is 1. The summed E-state index contributed by atoms with van der Waals surface area (Å²) in [7, 11) is 3.85. The average molecular weight is 371 g/mol. The summed E-state index contributed by atoms with van der Waals surface area (Å²) >= 11 is 0. The van der Waals surface area contributed by atoms with Gasteiger partial charge in [-0.1, -0.05) is 26.0 Å². The van der Waals surface area contributed by atoms with E-state index in [1.54, 1.807) is 7.11 Å². The molecule has 0 unspecified atom stereocenters. The number of rotatable bonds is 4. The number of carbonyl (C=O) groups is 1. The number of methoxy groups -OCH3 is 1. The van der Waals surface area contributed by atoms with Crippen LogP contribution in [0.25, 0.3) is 0 Å². The van der Waals surface area contributed by atoms with E-state index in [-0.39, 0.29) is 29.5 Å². The van der Waals surface area contributed by atoms with E-state index in [0.717, 1.165) is 37.4 Å². The van der Waals surface area contributed by atoms with Crippen molar-refractivity contribution in [2.24, 2.45) is 5.92 Å². The molecule has 0 amide bonds. The summed E-state index contributed by atoms with van der Waals surface area (Å²) < 4.78 is 17.8. The molecule has 146 valence electrons. The predicted octanol–water partition coefficient (Wildman–Crippen LogP) is 3.45. The Morgan fingerprint density at radius 3 is 3.00 bits per heavy atom. The molecule has 1 aromatic rings. The van der Waals surface area contributed by atoms with Crippen molar-refractivity contribution in [2.45, 2.75) is 57.3 Å². The summed E-state index contributed by atoms with van der Waals surface area (Å²) in [6, 6.07) is 4.17. The van der Waals surface area contributed by atoms with Gasteiger partial charge in [-0.2, -0.15) is 0 Å². The van der Waals surface area contributed by atoms with Gasteiger partial charge in [0.05, 0.1) is 18.4 Å². The maximum Gasteiger partial charge on any atom is 0.309 e. The fraction of sp³-hybridized carbons (Fsp3) is 0.591. The second-order valence-electron chi connectivity index (χ2n) is 8.15. The zero-order valence-corrected chi connectivity index (χ0v) is 16.7. The second kappa shape index (κ2) is 6.86. The van der Waals surface area contributed by atoms with Crippen LogP contribution in [0.2, 0.25) is 0 Å². The highest BCUT2D eigenvalue weighted by molar-refractivity contribution is 5.72. The van der Waals surface area contributed by atoms with E-state index >= 15 is 0 Å².